The minimum Gasteiger partial charge on any atom is -0.389 e. The third-order valence-electron chi connectivity index (χ3n) is 3.92. The molecular weight excluding hydrogens is 256 g/mol. The highest BCUT2D eigenvalue weighted by Crippen LogP contribution is 2.28. The van der Waals surface area contributed by atoms with Gasteiger partial charge in [-0.15, -0.1) is 0 Å². The summed E-state index contributed by atoms with van der Waals surface area (Å²) in [7, 11) is 4.26. The van der Waals surface area contributed by atoms with E-state index >= 15 is 0 Å². The quantitative estimate of drug-likeness (QED) is 0.847. The van der Waals surface area contributed by atoms with Gasteiger partial charge in [0.1, 0.15) is 10.8 Å². The molecule has 0 spiro atoms. The van der Waals surface area contributed by atoms with Crippen LogP contribution in [0.5, 0.6) is 0 Å². The fourth-order valence-corrected chi connectivity index (χ4v) is 3.14. The van der Waals surface area contributed by atoms with Crippen molar-refractivity contribution < 1.29 is 0 Å². The first kappa shape index (κ1) is 14.2. The predicted molar refractivity (Wildman–Crippen MR) is 83.7 cm³/mol. The molecule has 2 heterocycles. The second-order valence-electron chi connectivity index (χ2n) is 5.60. The van der Waals surface area contributed by atoms with Gasteiger partial charge in [0.15, 0.2) is 0 Å². The van der Waals surface area contributed by atoms with Crippen LogP contribution in [0.4, 0.5) is 5.82 Å². The summed E-state index contributed by atoms with van der Waals surface area (Å²) in [5.41, 5.74) is 7.88. The highest BCUT2D eigenvalue weighted by Gasteiger charge is 2.33. The van der Waals surface area contributed by atoms with E-state index in [1.54, 1.807) is 0 Å². The lowest BCUT2D eigenvalue weighted by atomic mass is 10.1. The Morgan fingerprint density at radius 2 is 2.16 bits per heavy atom. The molecule has 1 saturated heterocycles. The van der Waals surface area contributed by atoms with Crippen molar-refractivity contribution in [3.05, 3.63) is 23.4 Å². The second kappa shape index (κ2) is 5.43. The molecule has 0 amide bonds. The summed E-state index contributed by atoms with van der Waals surface area (Å²) in [4.78, 5) is 9.52. The van der Waals surface area contributed by atoms with Crippen LogP contribution in [0.2, 0.25) is 0 Å². The number of hydrogen-bond donors (Lipinski definition) is 1. The number of pyridine rings is 1. The van der Waals surface area contributed by atoms with Gasteiger partial charge < -0.3 is 15.5 Å². The van der Waals surface area contributed by atoms with Crippen molar-refractivity contribution in [3.63, 3.8) is 0 Å². The van der Waals surface area contributed by atoms with Crippen molar-refractivity contribution in [2.75, 3.05) is 32.1 Å². The Morgan fingerprint density at radius 1 is 1.47 bits per heavy atom. The summed E-state index contributed by atoms with van der Waals surface area (Å²) in [5, 5.41) is 0. The molecule has 0 radical (unpaired) electrons. The lowest BCUT2D eigenvalue weighted by Crippen LogP contribution is -2.34. The van der Waals surface area contributed by atoms with Crippen molar-refractivity contribution in [1.29, 1.82) is 0 Å². The minimum atomic E-state index is 0.432. The molecule has 2 rings (SSSR count). The van der Waals surface area contributed by atoms with Crippen molar-refractivity contribution in [2.45, 2.75) is 19.9 Å². The van der Waals surface area contributed by atoms with Crippen LogP contribution in [0.1, 0.15) is 18.1 Å². The number of rotatable bonds is 3. The van der Waals surface area contributed by atoms with Gasteiger partial charge in [-0.3, -0.25) is 0 Å². The molecule has 4 nitrogen and oxygen atoms in total. The molecule has 1 aliphatic heterocycles. The molecule has 2 atom stereocenters. The maximum absolute atomic E-state index is 5.87. The number of hydrogen-bond acceptors (Lipinski definition) is 4. The molecule has 5 heteroatoms. The van der Waals surface area contributed by atoms with E-state index in [9.17, 15) is 0 Å². The van der Waals surface area contributed by atoms with Gasteiger partial charge >= 0.3 is 0 Å². The molecule has 2 unspecified atom stereocenters. The van der Waals surface area contributed by atoms with Crippen LogP contribution in [0, 0.1) is 12.8 Å². The van der Waals surface area contributed by atoms with E-state index in [4.69, 9.17) is 18.0 Å². The molecule has 0 aliphatic carbocycles. The molecule has 1 fully saturated rings. The predicted octanol–water partition coefficient (Wildman–Crippen LogP) is 1.41. The fraction of sp³-hybridized carbons (Fsp3) is 0.571. The summed E-state index contributed by atoms with van der Waals surface area (Å²) in [6, 6.07) is 2.50. The normalized spacial score (nSPS) is 23.1. The zero-order chi connectivity index (χ0) is 14.2. The topological polar surface area (TPSA) is 45.4 Å². The van der Waals surface area contributed by atoms with Crippen LogP contribution in [-0.4, -0.2) is 48.1 Å². The highest BCUT2D eigenvalue weighted by atomic mass is 32.1. The number of likely N-dealkylation sites (N-methyl/N-ethyl adjacent to an activating group) is 1. The number of nitrogens with two attached hydrogens (primary N) is 1. The lowest BCUT2D eigenvalue weighted by Gasteiger charge is -2.23. The molecule has 19 heavy (non-hydrogen) atoms. The van der Waals surface area contributed by atoms with E-state index in [-0.39, 0.29) is 0 Å². The van der Waals surface area contributed by atoms with Gasteiger partial charge in [-0.25, -0.2) is 4.98 Å². The van der Waals surface area contributed by atoms with Crippen LogP contribution in [0.25, 0.3) is 0 Å². The summed E-state index contributed by atoms with van der Waals surface area (Å²) in [6.07, 6.45) is 1.83. The van der Waals surface area contributed by atoms with Crippen molar-refractivity contribution >= 4 is 23.0 Å². The average Bonchev–Trinajstić information content (AvgIpc) is 2.70. The molecule has 0 saturated carbocycles. The highest BCUT2D eigenvalue weighted by molar-refractivity contribution is 7.80. The van der Waals surface area contributed by atoms with Crippen molar-refractivity contribution in [2.24, 2.45) is 11.7 Å². The summed E-state index contributed by atoms with van der Waals surface area (Å²) in [5.74, 6) is 1.54. The Balaban J connectivity index is 2.34. The van der Waals surface area contributed by atoms with E-state index in [0.29, 0.717) is 16.9 Å². The first-order chi connectivity index (χ1) is 8.91. The van der Waals surface area contributed by atoms with E-state index in [0.717, 1.165) is 30.0 Å². The Bertz CT molecular complexity index is 486. The van der Waals surface area contributed by atoms with Gasteiger partial charge in [-0.05, 0) is 38.6 Å². The van der Waals surface area contributed by atoms with Crippen LogP contribution in [0.15, 0.2) is 12.3 Å². The maximum atomic E-state index is 5.87. The third kappa shape index (κ3) is 2.72. The Kier molecular flexibility index (Phi) is 4.06. The second-order valence-corrected chi connectivity index (χ2v) is 6.04. The molecule has 0 aromatic carbocycles. The lowest BCUT2D eigenvalue weighted by molar-refractivity contribution is 0.266. The van der Waals surface area contributed by atoms with E-state index in [2.05, 4.69) is 35.8 Å². The molecule has 104 valence electrons. The molecule has 2 N–H and O–H groups in total. The Morgan fingerprint density at radius 3 is 2.68 bits per heavy atom. The monoisotopic (exact) mass is 278 g/mol. The van der Waals surface area contributed by atoms with Crippen molar-refractivity contribution in [3.8, 4) is 0 Å². The first-order valence-corrected chi connectivity index (χ1v) is 6.99. The summed E-state index contributed by atoms with van der Waals surface area (Å²) >= 11 is 5.18. The van der Waals surface area contributed by atoms with E-state index in [1.807, 2.05) is 19.2 Å². The maximum Gasteiger partial charge on any atom is 0.139 e. The van der Waals surface area contributed by atoms with Gasteiger partial charge in [0, 0.05) is 25.3 Å². The molecule has 0 bridgehead atoms. The zero-order valence-corrected chi connectivity index (χ0v) is 12.9. The Hall–Kier alpha value is -1.20. The van der Waals surface area contributed by atoms with Gasteiger partial charge in [0.2, 0.25) is 0 Å². The van der Waals surface area contributed by atoms with Crippen LogP contribution in [-0.2, 0) is 0 Å². The molecule has 1 aromatic rings. The SMILES string of the molecule is Cc1ccnc(N2CC(C)C(N(C)C)C2)c1C(N)=S. The Labute approximate surface area is 120 Å². The van der Waals surface area contributed by atoms with Gasteiger partial charge in [-0.2, -0.15) is 0 Å². The van der Waals surface area contributed by atoms with Gasteiger partial charge in [0.25, 0.3) is 0 Å². The fourth-order valence-electron chi connectivity index (χ4n) is 2.88. The molecular formula is C14H22N4S. The number of anilines is 1. The van der Waals surface area contributed by atoms with E-state index in [1.165, 1.54) is 0 Å². The smallest absolute Gasteiger partial charge is 0.139 e. The summed E-state index contributed by atoms with van der Waals surface area (Å²) in [6.45, 7) is 6.28. The molecule has 1 aliphatic rings. The van der Waals surface area contributed by atoms with Crippen LogP contribution in [0.3, 0.4) is 0 Å². The number of thiocarbonyl (C=S) groups is 1. The first-order valence-electron chi connectivity index (χ1n) is 6.58. The standard InChI is InChI=1S/C14H22N4S/c1-9-5-6-16-14(12(9)13(15)19)18-7-10(2)11(8-18)17(3)4/h5-6,10-11H,7-8H2,1-4H3,(H2,15,19). The largest absolute Gasteiger partial charge is 0.389 e. The third-order valence-corrected chi connectivity index (χ3v) is 4.13. The zero-order valence-electron chi connectivity index (χ0n) is 12.1. The number of nitrogens with zero attached hydrogens (tertiary/aromatic N) is 3. The minimum absolute atomic E-state index is 0.432. The number of aromatic nitrogens is 1. The van der Waals surface area contributed by atoms with Crippen LogP contribution >= 0.6 is 12.2 Å². The van der Waals surface area contributed by atoms with Crippen LogP contribution < -0.4 is 10.6 Å². The number of aryl methyl sites for hydroxylation is 1. The average molecular weight is 278 g/mol. The summed E-state index contributed by atoms with van der Waals surface area (Å²) < 4.78 is 0. The van der Waals surface area contributed by atoms with Gasteiger partial charge in [-0.1, -0.05) is 19.1 Å². The van der Waals surface area contributed by atoms with E-state index < -0.39 is 0 Å². The molecule has 1 aromatic heterocycles. The van der Waals surface area contributed by atoms with Crippen molar-refractivity contribution in [1.82, 2.24) is 9.88 Å². The van der Waals surface area contributed by atoms with Gasteiger partial charge in [0.05, 0.1) is 5.56 Å².